The number of halogens is 2. The molecule has 1 unspecified atom stereocenters. The zero-order valence-corrected chi connectivity index (χ0v) is 27.6. The Balaban J connectivity index is 0.000000845. The third kappa shape index (κ3) is 5.72. The fourth-order valence-electron chi connectivity index (χ4n) is 7.24. The fraction of sp³-hybridized carbons (Fsp3) is 0.303. The molecule has 6 rings (SSSR count). The molecule has 0 radical (unpaired) electrons. The van der Waals surface area contributed by atoms with Crippen LogP contribution in [0.15, 0.2) is 91.0 Å². The number of benzene rings is 3. The van der Waals surface area contributed by atoms with Gasteiger partial charge in [0, 0.05) is 11.4 Å². The van der Waals surface area contributed by atoms with Gasteiger partial charge in [0.1, 0.15) is 0 Å². The van der Waals surface area contributed by atoms with Gasteiger partial charge in [0.05, 0.1) is 0 Å². The number of rotatable bonds is 4. The van der Waals surface area contributed by atoms with Gasteiger partial charge in [-0.1, -0.05) is 111 Å². The number of aryl methyl sites for hydroxylation is 1. The minimum absolute atomic E-state index is 0. The summed E-state index contributed by atoms with van der Waals surface area (Å²) in [7, 11) is 7.77. The molecular weight excluding hydrogens is 571 g/mol. The van der Waals surface area contributed by atoms with Crippen LogP contribution in [0.5, 0.6) is 0 Å². The van der Waals surface area contributed by atoms with Crippen LogP contribution >= 0.6 is 18.6 Å². The number of para-hydroxylation sites is 4. The van der Waals surface area contributed by atoms with E-state index in [-0.39, 0.29) is 7.43 Å². The van der Waals surface area contributed by atoms with E-state index >= 15 is 0 Å². The second-order valence-corrected chi connectivity index (χ2v) is 18.1. The van der Waals surface area contributed by atoms with E-state index in [0.717, 1.165) is 17.3 Å². The van der Waals surface area contributed by atoms with E-state index in [1.54, 1.807) is 0 Å². The predicted octanol–water partition coefficient (Wildman–Crippen LogP) is 11.5. The summed E-state index contributed by atoms with van der Waals surface area (Å²) in [5.41, 5.74) is 9.72. The molecule has 1 saturated carbocycles. The summed E-state index contributed by atoms with van der Waals surface area (Å²) in [5.74, 6) is 1.91. The van der Waals surface area contributed by atoms with E-state index in [1.807, 2.05) is 0 Å². The van der Waals surface area contributed by atoms with Gasteiger partial charge in [-0.05, 0) is 59.9 Å². The van der Waals surface area contributed by atoms with Crippen molar-refractivity contribution in [2.45, 2.75) is 45.3 Å². The van der Waals surface area contributed by atoms with Crippen LogP contribution in [-0.2, 0) is 17.0 Å². The number of hydrogen-bond donors (Lipinski definition) is 0. The summed E-state index contributed by atoms with van der Waals surface area (Å²) >= 11 is -0.556. The normalized spacial score (nSPS) is 22.6. The monoisotopic (exact) mass is 608 g/mol. The maximum atomic E-state index is 5.04. The molecule has 0 spiro atoms. The van der Waals surface area contributed by atoms with Crippen LogP contribution in [0.1, 0.15) is 30.9 Å². The van der Waals surface area contributed by atoms with E-state index in [0.29, 0.717) is 17.4 Å². The van der Waals surface area contributed by atoms with Gasteiger partial charge in [-0.15, -0.1) is 11.4 Å². The second-order valence-electron chi connectivity index (χ2n) is 11.1. The first-order valence-electron chi connectivity index (χ1n) is 13.5. The molecule has 3 aliphatic rings. The summed E-state index contributed by atoms with van der Waals surface area (Å²) in [6.45, 7) is 9.81. The Morgan fingerprint density at radius 2 is 1.49 bits per heavy atom. The first kappa shape index (κ1) is 30.2. The van der Waals surface area contributed by atoms with Gasteiger partial charge in [-0.25, -0.2) is 0 Å². The summed E-state index contributed by atoms with van der Waals surface area (Å²) in [6, 6.07) is 26.7. The van der Waals surface area contributed by atoms with Crippen molar-refractivity contribution in [1.82, 2.24) is 0 Å². The number of hydrogen-bond acceptors (Lipinski definition) is 1. The van der Waals surface area contributed by atoms with E-state index in [2.05, 4.69) is 123 Å². The molecule has 204 valence electrons. The maximum absolute atomic E-state index is 5.04. The van der Waals surface area contributed by atoms with Crippen molar-refractivity contribution < 1.29 is 17.0 Å². The number of fused-ring (bicyclic) bond motifs is 3. The molecule has 0 N–H and O–H groups in total. The first-order chi connectivity index (χ1) is 18.4. The molecule has 6 heteroatoms. The van der Waals surface area contributed by atoms with E-state index in [4.69, 9.17) is 23.9 Å². The Bertz CT molecular complexity index is 1290. The number of allylic oxidation sites excluding steroid dienone is 4. The van der Waals surface area contributed by atoms with E-state index in [9.17, 15) is 0 Å². The van der Waals surface area contributed by atoms with Crippen molar-refractivity contribution in [3.63, 3.8) is 0 Å². The van der Waals surface area contributed by atoms with Gasteiger partial charge in [0.15, 0.2) is 8.24 Å². The van der Waals surface area contributed by atoms with Gasteiger partial charge in [0.2, 0.25) is 0 Å². The average Bonchev–Trinajstić information content (AvgIpc) is 3.32. The van der Waals surface area contributed by atoms with E-state index < -0.39 is 25.3 Å². The van der Waals surface area contributed by atoms with Crippen molar-refractivity contribution in [1.29, 1.82) is 0 Å². The molecule has 2 aliphatic carbocycles. The quantitative estimate of drug-likeness (QED) is 0.213. The Hall–Kier alpha value is -1.75. The molecule has 1 heterocycles. The Labute approximate surface area is 253 Å². The van der Waals surface area contributed by atoms with Crippen molar-refractivity contribution in [3.05, 3.63) is 115 Å². The SMILES string of the molecule is CC[C@@H]1C[C@@H]2C(c3ccc(C)cc3)=CC=C[C@@H]2C1[Si](C)(C)N1c2ccccc2[N-]c2ccccc21.[CH3-].[Cl][Ti][Cl]. The molecule has 3 aromatic carbocycles. The third-order valence-electron chi connectivity index (χ3n) is 8.74. The van der Waals surface area contributed by atoms with Crippen molar-refractivity contribution in [2.75, 3.05) is 4.57 Å². The molecule has 0 saturated heterocycles. The molecule has 3 aromatic rings. The van der Waals surface area contributed by atoms with Gasteiger partial charge in [0.25, 0.3) is 0 Å². The standard InChI is InChI=1S/C32H35N2Si.CH3.2ClH.Ti/c1-5-23-21-27-25(24-19-17-22(2)18-20-24)11-10-12-26(27)32(23)35(3,4)34-30-15-8-6-13-28(30)33-29-14-7-9-16-31(29)34;;;;/h6-20,23,26-27,32H,5,21H2,1-4H3;1H3;2*1H;/q2*-1;;;+2/p-2/t23-,26+,27-,32?;;;;/m1..../s1. The van der Waals surface area contributed by atoms with Gasteiger partial charge in [-0.2, -0.15) is 0 Å². The molecule has 0 amide bonds. The molecule has 1 fully saturated rings. The molecular formula is C33H38Cl2N2SiTi-2. The van der Waals surface area contributed by atoms with Crippen molar-refractivity contribution in [3.8, 4) is 0 Å². The first-order valence-corrected chi connectivity index (χ1v) is 20.8. The Morgan fingerprint density at radius 1 is 0.923 bits per heavy atom. The number of anilines is 2. The van der Waals surface area contributed by atoms with Gasteiger partial charge in [-0.3, -0.25) is 0 Å². The predicted molar refractivity (Wildman–Crippen MR) is 171 cm³/mol. The Kier molecular flexibility index (Phi) is 9.94. The van der Waals surface area contributed by atoms with E-state index in [1.165, 1.54) is 40.9 Å². The van der Waals surface area contributed by atoms with Gasteiger partial charge < -0.3 is 17.3 Å². The number of nitrogens with zero attached hydrogens (tertiary/aromatic N) is 2. The summed E-state index contributed by atoms with van der Waals surface area (Å²) in [5, 5.41) is 5.04. The zero-order chi connectivity index (χ0) is 26.9. The third-order valence-corrected chi connectivity index (χ3v) is 12.9. The van der Waals surface area contributed by atoms with Crippen molar-refractivity contribution >= 4 is 55.2 Å². The van der Waals surface area contributed by atoms with Crippen LogP contribution in [0.2, 0.25) is 18.6 Å². The molecule has 39 heavy (non-hydrogen) atoms. The van der Waals surface area contributed by atoms with Crippen LogP contribution < -0.4 is 4.57 Å². The van der Waals surface area contributed by atoms with Gasteiger partial charge >= 0.3 is 35.6 Å². The second kappa shape index (κ2) is 12.8. The summed E-state index contributed by atoms with van der Waals surface area (Å²) < 4.78 is 2.75. The summed E-state index contributed by atoms with van der Waals surface area (Å²) in [6.07, 6.45) is 9.81. The molecule has 2 nitrogen and oxygen atoms in total. The molecule has 4 atom stereocenters. The zero-order valence-electron chi connectivity index (χ0n) is 23.5. The average molecular weight is 610 g/mol. The topological polar surface area (TPSA) is 17.3 Å². The molecule has 0 aromatic heterocycles. The van der Waals surface area contributed by atoms with Crippen LogP contribution in [0.3, 0.4) is 0 Å². The van der Waals surface area contributed by atoms with Crippen LogP contribution in [0.25, 0.3) is 10.9 Å². The van der Waals surface area contributed by atoms with Crippen LogP contribution in [0.4, 0.5) is 22.7 Å². The summed E-state index contributed by atoms with van der Waals surface area (Å²) in [4.78, 5) is 0. The van der Waals surface area contributed by atoms with Crippen LogP contribution in [0, 0.1) is 32.1 Å². The van der Waals surface area contributed by atoms with Crippen LogP contribution in [-0.4, -0.2) is 8.24 Å². The fourth-order valence-corrected chi connectivity index (χ4v) is 12.0. The molecule has 0 bridgehead atoms. The Morgan fingerprint density at radius 3 is 2.05 bits per heavy atom. The minimum atomic E-state index is -2.01. The van der Waals surface area contributed by atoms with Crippen molar-refractivity contribution in [2.24, 2.45) is 17.8 Å². The molecule has 1 aliphatic heterocycles.